The minimum absolute atomic E-state index is 0.218. The third-order valence-corrected chi connectivity index (χ3v) is 4.80. The maximum atomic E-state index is 12.4. The van der Waals surface area contributed by atoms with Gasteiger partial charge in [-0.1, -0.05) is 0 Å². The Morgan fingerprint density at radius 2 is 1.92 bits per heavy atom. The van der Waals surface area contributed by atoms with Crippen LogP contribution < -0.4 is 10.2 Å². The van der Waals surface area contributed by atoms with E-state index >= 15 is 0 Å². The number of aryl methyl sites for hydroxylation is 1. The summed E-state index contributed by atoms with van der Waals surface area (Å²) in [5.41, 5.74) is 0.659. The van der Waals surface area contributed by atoms with Crippen molar-refractivity contribution >= 4 is 17.7 Å². The second-order valence-electron chi connectivity index (χ2n) is 6.49. The van der Waals surface area contributed by atoms with Crippen molar-refractivity contribution in [3.05, 3.63) is 11.5 Å². The third kappa shape index (κ3) is 3.34. The largest absolute Gasteiger partial charge is 0.416 e. The lowest BCUT2D eigenvalue weighted by Gasteiger charge is -2.25. The number of oxazole rings is 1. The molecule has 0 radical (unpaired) electrons. The molecule has 0 aliphatic carbocycles. The van der Waals surface area contributed by atoms with Gasteiger partial charge in [0.25, 0.3) is 5.91 Å². The van der Waals surface area contributed by atoms with E-state index in [1.165, 1.54) is 0 Å². The Hall–Kier alpha value is -2.13. The van der Waals surface area contributed by atoms with Crippen LogP contribution in [-0.2, 0) is 9.47 Å². The van der Waals surface area contributed by atoms with Crippen molar-refractivity contribution in [1.29, 1.82) is 0 Å². The summed E-state index contributed by atoms with van der Waals surface area (Å²) in [6, 6.07) is 0. The van der Waals surface area contributed by atoms with E-state index in [1.54, 1.807) is 4.52 Å². The predicted molar refractivity (Wildman–Crippen MR) is 88.9 cm³/mol. The first-order valence-electron chi connectivity index (χ1n) is 8.77. The van der Waals surface area contributed by atoms with Gasteiger partial charge in [0, 0.05) is 32.8 Å². The van der Waals surface area contributed by atoms with Crippen molar-refractivity contribution in [3.8, 4) is 0 Å². The Bertz CT molecular complexity index is 743. The molecule has 2 fully saturated rings. The van der Waals surface area contributed by atoms with Gasteiger partial charge in [-0.2, -0.15) is 9.50 Å². The number of hydrogen-bond acceptors (Lipinski definition) is 7. The third-order valence-electron chi connectivity index (χ3n) is 4.80. The van der Waals surface area contributed by atoms with Crippen molar-refractivity contribution in [3.63, 3.8) is 0 Å². The molecule has 4 rings (SSSR count). The molecule has 0 bridgehead atoms. The molecular formula is C16H23N5O4. The molecule has 2 aromatic heterocycles. The van der Waals surface area contributed by atoms with Crippen LogP contribution in [0.3, 0.4) is 0 Å². The summed E-state index contributed by atoms with van der Waals surface area (Å²) in [6.07, 6.45) is 1.95. The van der Waals surface area contributed by atoms with Gasteiger partial charge in [-0.3, -0.25) is 4.79 Å². The van der Waals surface area contributed by atoms with Crippen LogP contribution in [0.2, 0.25) is 0 Å². The molecule has 1 amide bonds. The van der Waals surface area contributed by atoms with E-state index in [2.05, 4.69) is 20.3 Å². The summed E-state index contributed by atoms with van der Waals surface area (Å²) < 4.78 is 17.9. The van der Waals surface area contributed by atoms with Crippen molar-refractivity contribution in [2.45, 2.75) is 19.8 Å². The molecular weight excluding hydrogens is 326 g/mol. The first-order chi connectivity index (χ1) is 12.2. The Morgan fingerprint density at radius 3 is 2.64 bits per heavy atom. The molecule has 0 saturated carbocycles. The number of nitrogens with zero attached hydrogens (tertiary/aromatic N) is 4. The average molecular weight is 349 g/mol. The smallest absolute Gasteiger partial charge is 0.327 e. The lowest BCUT2D eigenvalue weighted by molar-refractivity contribution is 0.0639. The van der Waals surface area contributed by atoms with Crippen molar-refractivity contribution < 1.29 is 18.7 Å². The number of ether oxygens (including phenoxy) is 2. The molecule has 1 N–H and O–H groups in total. The van der Waals surface area contributed by atoms with Gasteiger partial charge in [0.2, 0.25) is 11.7 Å². The van der Waals surface area contributed by atoms with E-state index in [-0.39, 0.29) is 11.7 Å². The summed E-state index contributed by atoms with van der Waals surface area (Å²) in [5.74, 6) is 1.47. The number of carbonyl (C=O) groups is 1. The Balaban J connectivity index is 1.45. The number of nitrogens with one attached hydrogen (secondary N) is 1. The molecule has 25 heavy (non-hydrogen) atoms. The highest BCUT2D eigenvalue weighted by Gasteiger charge is 2.24. The second-order valence-corrected chi connectivity index (χ2v) is 6.49. The normalized spacial score (nSPS) is 19.5. The van der Waals surface area contributed by atoms with Gasteiger partial charge in [-0.15, -0.1) is 5.10 Å². The number of amides is 1. The zero-order valence-electron chi connectivity index (χ0n) is 14.4. The minimum Gasteiger partial charge on any atom is -0.416 e. The molecule has 2 aliphatic rings. The Morgan fingerprint density at radius 1 is 1.20 bits per heavy atom. The van der Waals surface area contributed by atoms with E-state index in [0.29, 0.717) is 43.2 Å². The predicted octanol–water partition coefficient (Wildman–Crippen LogP) is 0.624. The lowest BCUT2D eigenvalue weighted by Crippen LogP contribution is -2.37. The molecule has 9 heteroatoms. The van der Waals surface area contributed by atoms with Crippen LogP contribution in [-0.4, -0.2) is 66.6 Å². The van der Waals surface area contributed by atoms with Gasteiger partial charge in [-0.25, -0.2) is 0 Å². The standard InChI is InChI=1S/C16H23N5O4/c1-11-13(14(22)17-10-12-2-6-23-7-3-12)25-16-18-15(19-21(11)16)20-4-8-24-9-5-20/h12H,2-10H2,1H3,(H,17,22). The molecule has 2 aromatic rings. The second kappa shape index (κ2) is 7.01. The first kappa shape index (κ1) is 16.3. The van der Waals surface area contributed by atoms with Crippen molar-refractivity contribution in [2.24, 2.45) is 5.92 Å². The number of anilines is 1. The minimum atomic E-state index is -0.218. The average Bonchev–Trinajstić information content (AvgIpc) is 3.21. The molecule has 0 aromatic carbocycles. The lowest BCUT2D eigenvalue weighted by atomic mass is 10.0. The van der Waals surface area contributed by atoms with E-state index in [9.17, 15) is 4.79 Å². The summed E-state index contributed by atoms with van der Waals surface area (Å²) in [7, 11) is 0. The highest BCUT2D eigenvalue weighted by molar-refractivity contribution is 5.92. The van der Waals surface area contributed by atoms with E-state index in [4.69, 9.17) is 13.9 Å². The number of aromatic nitrogens is 3. The quantitative estimate of drug-likeness (QED) is 0.865. The Labute approximate surface area is 145 Å². The molecule has 9 nitrogen and oxygen atoms in total. The molecule has 2 aliphatic heterocycles. The number of hydrogen-bond donors (Lipinski definition) is 1. The molecule has 0 spiro atoms. The van der Waals surface area contributed by atoms with Gasteiger partial charge in [0.1, 0.15) is 0 Å². The number of rotatable bonds is 4. The van der Waals surface area contributed by atoms with E-state index < -0.39 is 0 Å². The van der Waals surface area contributed by atoms with Crippen molar-refractivity contribution in [1.82, 2.24) is 19.9 Å². The van der Waals surface area contributed by atoms with Crippen LogP contribution in [0.5, 0.6) is 0 Å². The fourth-order valence-corrected chi connectivity index (χ4v) is 3.21. The highest BCUT2D eigenvalue weighted by atomic mass is 16.5. The van der Waals surface area contributed by atoms with E-state index in [1.807, 2.05) is 6.92 Å². The molecule has 0 atom stereocenters. The summed E-state index contributed by atoms with van der Waals surface area (Å²) in [4.78, 5) is 18.9. The highest BCUT2D eigenvalue weighted by Crippen LogP contribution is 2.19. The van der Waals surface area contributed by atoms with Gasteiger partial charge in [0.15, 0.2) is 0 Å². The van der Waals surface area contributed by atoms with Crippen molar-refractivity contribution in [2.75, 3.05) is 51.0 Å². The topological polar surface area (TPSA) is 94.1 Å². The van der Waals surface area contributed by atoms with Crippen LogP contribution in [0.4, 0.5) is 5.95 Å². The molecule has 2 saturated heterocycles. The van der Waals surface area contributed by atoms with E-state index in [0.717, 1.165) is 39.1 Å². The molecule has 136 valence electrons. The number of carbonyl (C=O) groups excluding carboxylic acids is 1. The number of fused-ring (bicyclic) bond motifs is 1. The summed E-state index contributed by atoms with van der Waals surface area (Å²) in [5, 5.41) is 7.43. The molecule has 0 unspecified atom stereocenters. The fourth-order valence-electron chi connectivity index (χ4n) is 3.21. The van der Waals surface area contributed by atoms with Gasteiger partial charge in [-0.05, 0) is 25.7 Å². The first-order valence-corrected chi connectivity index (χ1v) is 8.77. The van der Waals surface area contributed by atoms with Gasteiger partial charge >= 0.3 is 5.84 Å². The SMILES string of the molecule is Cc1c(C(=O)NCC2CCOCC2)oc2nc(N3CCOCC3)nn12. The van der Waals surface area contributed by atoms with Crippen LogP contribution in [0.15, 0.2) is 4.42 Å². The van der Waals surface area contributed by atoms with Crippen LogP contribution in [0, 0.1) is 12.8 Å². The van der Waals surface area contributed by atoms with Crippen LogP contribution in [0.25, 0.3) is 5.84 Å². The maximum Gasteiger partial charge on any atom is 0.327 e. The van der Waals surface area contributed by atoms with Crippen LogP contribution >= 0.6 is 0 Å². The van der Waals surface area contributed by atoms with Crippen LogP contribution in [0.1, 0.15) is 29.1 Å². The zero-order chi connectivity index (χ0) is 17.2. The summed E-state index contributed by atoms with van der Waals surface area (Å²) in [6.45, 7) is 6.83. The van der Waals surface area contributed by atoms with Gasteiger partial charge < -0.3 is 24.1 Å². The van der Waals surface area contributed by atoms with Gasteiger partial charge in [0.05, 0.1) is 18.9 Å². The molecule has 4 heterocycles. The zero-order valence-corrected chi connectivity index (χ0v) is 14.4. The fraction of sp³-hybridized carbons (Fsp3) is 0.688. The Kier molecular flexibility index (Phi) is 4.58. The maximum absolute atomic E-state index is 12.4. The summed E-state index contributed by atoms with van der Waals surface area (Å²) >= 11 is 0. The monoisotopic (exact) mass is 349 g/mol. The number of morpholine rings is 1.